The summed E-state index contributed by atoms with van der Waals surface area (Å²) in [4.78, 5) is 12.3. The van der Waals surface area contributed by atoms with Crippen molar-refractivity contribution in [3.05, 3.63) is 35.7 Å². The predicted octanol–water partition coefficient (Wildman–Crippen LogP) is 2.74. The van der Waals surface area contributed by atoms with Gasteiger partial charge in [0.1, 0.15) is 11.6 Å². The van der Waals surface area contributed by atoms with E-state index in [-0.39, 0.29) is 17.1 Å². The Kier molecular flexibility index (Phi) is 6.77. The summed E-state index contributed by atoms with van der Waals surface area (Å²) in [6.45, 7) is 7.72. The highest BCUT2D eigenvalue weighted by molar-refractivity contribution is 7.99. The summed E-state index contributed by atoms with van der Waals surface area (Å²) in [6, 6.07) is 6.90. The number of carbonyl (C=O) groups excluding carboxylic acids is 1. The molecule has 1 aromatic heterocycles. The highest BCUT2D eigenvalue weighted by atomic mass is 32.2. The standard InChI is InChI=1S/C16H21N5O2S2/c1-5-25-16-19-18-11(4)21(16)20-15(24)17-14(22)12-6-8-13(9-7-12)23-10(2)3/h6-10H,5H2,1-4H3,(H2,17,20,22,24). The van der Waals surface area contributed by atoms with Crippen LogP contribution in [0.2, 0.25) is 0 Å². The van der Waals surface area contributed by atoms with Crippen LogP contribution >= 0.6 is 24.0 Å². The second-order valence-electron chi connectivity index (χ2n) is 5.38. The summed E-state index contributed by atoms with van der Waals surface area (Å²) >= 11 is 6.74. The maximum absolute atomic E-state index is 12.3. The van der Waals surface area contributed by atoms with E-state index in [1.54, 1.807) is 35.9 Å². The predicted molar refractivity (Wildman–Crippen MR) is 103 cm³/mol. The van der Waals surface area contributed by atoms with Crippen LogP contribution in [-0.4, -0.2) is 37.7 Å². The molecule has 0 atom stereocenters. The van der Waals surface area contributed by atoms with Crippen LogP contribution in [-0.2, 0) is 0 Å². The Hall–Kier alpha value is -2.13. The molecule has 0 spiro atoms. The summed E-state index contributed by atoms with van der Waals surface area (Å²) in [7, 11) is 0. The van der Waals surface area contributed by atoms with E-state index >= 15 is 0 Å². The van der Waals surface area contributed by atoms with Crippen molar-refractivity contribution in [1.82, 2.24) is 20.2 Å². The summed E-state index contributed by atoms with van der Waals surface area (Å²) < 4.78 is 7.21. The fraction of sp³-hybridized carbons (Fsp3) is 0.375. The third-order valence-electron chi connectivity index (χ3n) is 3.00. The monoisotopic (exact) mass is 379 g/mol. The van der Waals surface area contributed by atoms with Crippen LogP contribution in [0, 0.1) is 6.92 Å². The first-order chi connectivity index (χ1) is 11.9. The molecular formula is C16H21N5O2S2. The molecule has 0 aliphatic rings. The van der Waals surface area contributed by atoms with Crippen molar-refractivity contribution in [2.45, 2.75) is 39.0 Å². The molecular weight excluding hydrogens is 358 g/mol. The molecule has 0 fully saturated rings. The van der Waals surface area contributed by atoms with E-state index in [4.69, 9.17) is 17.0 Å². The first kappa shape index (κ1) is 19.2. The van der Waals surface area contributed by atoms with Gasteiger partial charge in [-0.2, -0.15) is 0 Å². The van der Waals surface area contributed by atoms with Crippen LogP contribution in [0.1, 0.15) is 37.0 Å². The molecule has 2 N–H and O–H groups in total. The molecule has 0 bridgehead atoms. The number of benzene rings is 1. The Bertz CT molecular complexity index is 743. The lowest BCUT2D eigenvalue weighted by atomic mass is 10.2. The van der Waals surface area contributed by atoms with Crippen LogP contribution in [0.3, 0.4) is 0 Å². The molecule has 0 aliphatic heterocycles. The van der Waals surface area contributed by atoms with Gasteiger partial charge in [-0.15, -0.1) is 10.2 Å². The number of nitrogens with zero attached hydrogens (tertiary/aromatic N) is 3. The molecule has 9 heteroatoms. The van der Waals surface area contributed by atoms with Crippen molar-refractivity contribution in [3.8, 4) is 5.75 Å². The van der Waals surface area contributed by atoms with Gasteiger partial charge in [-0.05, 0) is 63.0 Å². The molecule has 134 valence electrons. The normalized spacial score (nSPS) is 10.6. The Labute approximate surface area is 156 Å². The maximum atomic E-state index is 12.3. The second-order valence-corrected chi connectivity index (χ2v) is 7.02. The number of nitrogens with one attached hydrogen (secondary N) is 2. The van der Waals surface area contributed by atoms with E-state index in [1.165, 1.54) is 11.8 Å². The molecule has 1 amide bonds. The lowest BCUT2D eigenvalue weighted by Gasteiger charge is -2.13. The maximum Gasteiger partial charge on any atom is 0.257 e. The van der Waals surface area contributed by atoms with E-state index in [0.29, 0.717) is 22.3 Å². The number of thiocarbonyl (C=S) groups is 1. The summed E-state index contributed by atoms with van der Waals surface area (Å²) in [5, 5.41) is 11.6. The molecule has 0 unspecified atom stereocenters. The molecule has 1 heterocycles. The Morgan fingerprint density at radius 2 is 2.00 bits per heavy atom. The zero-order valence-electron chi connectivity index (χ0n) is 14.6. The number of thioether (sulfide) groups is 1. The van der Waals surface area contributed by atoms with Crippen LogP contribution in [0.15, 0.2) is 29.4 Å². The molecule has 2 aromatic rings. The van der Waals surface area contributed by atoms with Gasteiger partial charge in [0.15, 0.2) is 5.11 Å². The average molecular weight is 380 g/mol. The zero-order valence-corrected chi connectivity index (χ0v) is 16.2. The smallest absolute Gasteiger partial charge is 0.257 e. The molecule has 7 nitrogen and oxygen atoms in total. The number of aryl methyl sites for hydroxylation is 1. The van der Waals surface area contributed by atoms with Crippen molar-refractivity contribution >= 4 is 35.0 Å². The average Bonchev–Trinajstić information content (AvgIpc) is 2.88. The molecule has 25 heavy (non-hydrogen) atoms. The van der Waals surface area contributed by atoms with Crippen LogP contribution < -0.4 is 15.5 Å². The van der Waals surface area contributed by atoms with Crippen LogP contribution in [0.5, 0.6) is 5.75 Å². The fourth-order valence-corrected chi connectivity index (χ4v) is 2.80. The summed E-state index contributed by atoms with van der Waals surface area (Å²) in [6.07, 6.45) is 0.0821. The third-order valence-corrected chi connectivity index (χ3v) is 4.00. The van der Waals surface area contributed by atoms with Gasteiger partial charge in [0.05, 0.1) is 6.10 Å². The van der Waals surface area contributed by atoms with Crippen molar-refractivity contribution < 1.29 is 9.53 Å². The number of aromatic nitrogens is 3. The van der Waals surface area contributed by atoms with Gasteiger partial charge in [0.2, 0.25) is 5.16 Å². The highest BCUT2D eigenvalue weighted by Gasteiger charge is 2.12. The van der Waals surface area contributed by atoms with Crippen molar-refractivity contribution in [2.24, 2.45) is 0 Å². The molecule has 0 aliphatic carbocycles. The van der Waals surface area contributed by atoms with Crippen LogP contribution in [0.4, 0.5) is 0 Å². The van der Waals surface area contributed by atoms with E-state index in [2.05, 4.69) is 20.9 Å². The minimum atomic E-state index is -0.302. The largest absolute Gasteiger partial charge is 0.491 e. The number of carbonyl (C=O) groups is 1. The zero-order chi connectivity index (χ0) is 18.4. The van der Waals surface area contributed by atoms with Crippen molar-refractivity contribution in [3.63, 3.8) is 0 Å². The van der Waals surface area contributed by atoms with Gasteiger partial charge in [0, 0.05) is 5.56 Å². The van der Waals surface area contributed by atoms with E-state index in [0.717, 1.165) is 5.75 Å². The first-order valence-electron chi connectivity index (χ1n) is 7.84. The Morgan fingerprint density at radius 1 is 1.32 bits per heavy atom. The van der Waals surface area contributed by atoms with Crippen molar-refractivity contribution in [2.75, 3.05) is 11.2 Å². The quantitative estimate of drug-likeness (QED) is 0.590. The Balaban J connectivity index is 1.98. The molecule has 0 saturated heterocycles. The number of hydrogen-bond donors (Lipinski definition) is 2. The summed E-state index contributed by atoms with van der Waals surface area (Å²) in [5.41, 5.74) is 3.42. The fourth-order valence-electron chi connectivity index (χ4n) is 1.96. The molecule has 0 radical (unpaired) electrons. The number of hydrogen-bond acceptors (Lipinski definition) is 6. The van der Waals surface area contributed by atoms with Gasteiger partial charge < -0.3 is 4.74 Å². The first-order valence-corrected chi connectivity index (χ1v) is 9.24. The van der Waals surface area contributed by atoms with E-state index in [1.807, 2.05) is 20.8 Å². The number of rotatable bonds is 6. The Morgan fingerprint density at radius 3 is 2.60 bits per heavy atom. The molecule has 2 rings (SSSR count). The molecule has 0 saturated carbocycles. The topological polar surface area (TPSA) is 81.1 Å². The minimum Gasteiger partial charge on any atom is -0.491 e. The van der Waals surface area contributed by atoms with Gasteiger partial charge in [-0.3, -0.25) is 15.5 Å². The third kappa shape index (κ3) is 5.43. The van der Waals surface area contributed by atoms with Gasteiger partial charge in [0.25, 0.3) is 5.91 Å². The van der Waals surface area contributed by atoms with Crippen molar-refractivity contribution in [1.29, 1.82) is 0 Å². The van der Waals surface area contributed by atoms with Gasteiger partial charge >= 0.3 is 0 Å². The number of ether oxygens (including phenoxy) is 1. The second kappa shape index (κ2) is 8.82. The minimum absolute atomic E-state index is 0.0821. The lowest BCUT2D eigenvalue weighted by Crippen LogP contribution is -2.38. The van der Waals surface area contributed by atoms with Gasteiger partial charge in [-0.25, -0.2) is 4.68 Å². The highest BCUT2D eigenvalue weighted by Crippen LogP contribution is 2.15. The molecule has 1 aromatic carbocycles. The summed E-state index contributed by atoms with van der Waals surface area (Å²) in [5.74, 6) is 1.92. The van der Waals surface area contributed by atoms with E-state index in [9.17, 15) is 4.79 Å². The SMILES string of the molecule is CCSc1nnc(C)n1NC(=S)NC(=O)c1ccc(OC(C)C)cc1. The van der Waals surface area contributed by atoms with E-state index < -0.39 is 0 Å². The lowest BCUT2D eigenvalue weighted by molar-refractivity contribution is 0.0977. The van der Waals surface area contributed by atoms with Crippen LogP contribution in [0.25, 0.3) is 0 Å². The number of amides is 1. The van der Waals surface area contributed by atoms with Gasteiger partial charge in [-0.1, -0.05) is 18.7 Å².